The van der Waals surface area contributed by atoms with Crippen LogP contribution < -0.4 is 4.43 Å². The van der Waals surface area contributed by atoms with Crippen molar-refractivity contribution in [3.8, 4) is 5.75 Å². The molecule has 2 N–H and O–H groups in total. The molecule has 0 fully saturated rings. The van der Waals surface area contributed by atoms with E-state index in [1.807, 2.05) is 33.9 Å². The van der Waals surface area contributed by atoms with E-state index in [1.54, 1.807) is 0 Å². The number of carbonyl (C=O) groups is 2. The van der Waals surface area contributed by atoms with Crippen LogP contribution in [-0.2, 0) is 0 Å². The highest BCUT2D eigenvalue weighted by atomic mass is 28.4. The molecule has 0 aliphatic carbocycles. The summed E-state index contributed by atoms with van der Waals surface area (Å²) in [7, 11) is -2.18. The molecule has 1 aromatic rings. The van der Waals surface area contributed by atoms with Crippen molar-refractivity contribution in [2.45, 2.75) is 38.9 Å². The zero-order chi connectivity index (χ0) is 15.7. The average Bonchev–Trinajstić information content (AvgIpc) is 2.26. The van der Waals surface area contributed by atoms with Gasteiger partial charge in [-0.15, -0.1) is 0 Å². The fourth-order valence-electron chi connectivity index (χ4n) is 1.35. The van der Waals surface area contributed by atoms with Gasteiger partial charge in [-0.2, -0.15) is 0 Å². The second kappa shape index (κ2) is 5.28. The lowest BCUT2D eigenvalue weighted by Gasteiger charge is -2.36. The van der Waals surface area contributed by atoms with Crippen LogP contribution in [0.2, 0.25) is 18.1 Å². The Balaban J connectivity index is 3.26. The maximum atomic E-state index is 11.3. The smallest absolute Gasteiger partial charge is 0.339 e. The van der Waals surface area contributed by atoms with Crippen molar-refractivity contribution >= 4 is 20.3 Å². The third kappa shape index (κ3) is 3.39. The Morgan fingerprint density at radius 2 is 1.65 bits per heavy atom. The monoisotopic (exact) mass is 296 g/mol. The van der Waals surface area contributed by atoms with Gasteiger partial charge in [0, 0.05) is 0 Å². The van der Waals surface area contributed by atoms with E-state index in [4.69, 9.17) is 9.53 Å². The molecule has 0 unspecified atom stereocenters. The van der Waals surface area contributed by atoms with Gasteiger partial charge in [0.05, 0.1) is 5.56 Å². The summed E-state index contributed by atoms with van der Waals surface area (Å²) in [6.45, 7) is 10.1. The normalized spacial score (nSPS) is 12.1. The maximum absolute atomic E-state index is 11.3. The van der Waals surface area contributed by atoms with Crippen LogP contribution in [0.15, 0.2) is 18.2 Å². The van der Waals surface area contributed by atoms with E-state index < -0.39 is 20.3 Å². The predicted octanol–water partition coefficient (Wildman–Crippen LogP) is 3.47. The van der Waals surface area contributed by atoms with Gasteiger partial charge in [-0.1, -0.05) is 20.8 Å². The molecule has 0 saturated heterocycles. The van der Waals surface area contributed by atoms with Crippen molar-refractivity contribution < 1.29 is 24.2 Å². The van der Waals surface area contributed by atoms with Crippen molar-refractivity contribution in [2.75, 3.05) is 0 Å². The molecule has 110 valence electrons. The molecule has 1 rings (SSSR count). The summed E-state index contributed by atoms with van der Waals surface area (Å²) in [6, 6.07) is 3.91. The Bertz CT molecular complexity index is 543. The van der Waals surface area contributed by atoms with Crippen LogP contribution in [0.5, 0.6) is 5.75 Å². The summed E-state index contributed by atoms with van der Waals surface area (Å²) in [5, 5.41) is 18.1. The Hall–Kier alpha value is -1.82. The number of hydrogen-bond donors (Lipinski definition) is 2. The Kier molecular flexibility index (Phi) is 4.29. The van der Waals surface area contributed by atoms with Crippen LogP contribution in [-0.4, -0.2) is 30.5 Å². The molecule has 1 aromatic carbocycles. The number of aromatic carboxylic acids is 2. The summed E-state index contributed by atoms with van der Waals surface area (Å²) in [4.78, 5) is 22.2. The van der Waals surface area contributed by atoms with Gasteiger partial charge in [0.1, 0.15) is 11.3 Å². The van der Waals surface area contributed by atoms with Gasteiger partial charge in [0.25, 0.3) is 8.32 Å². The Morgan fingerprint density at radius 1 is 1.10 bits per heavy atom. The third-order valence-electron chi connectivity index (χ3n) is 3.63. The first kappa shape index (κ1) is 16.2. The van der Waals surface area contributed by atoms with Gasteiger partial charge in [0.15, 0.2) is 0 Å². The summed E-state index contributed by atoms with van der Waals surface area (Å²) in [5.41, 5.74) is -0.181. The van der Waals surface area contributed by atoms with Crippen LogP contribution in [0.1, 0.15) is 41.5 Å². The number of benzene rings is 1. The lowest BCUT2D eigenvalue weighted by molar-refractivity contribution is 0.0694. The van der Waals surface area contributed by atoms with Crippen LogP contribution in [0.3, 0.4) is 0 Å². The first-order chi connectivity index (χ1) is 8.95. The van der Waals surface area contributed by atoms with Crippen molar-refractivity contribution in [3.63, 3.8) is 0 Å². The zero-order valence-electron chi connectivity index (χ0n) is 12.4. The Morgan fingerprint density at radius 3 is 2.05 bits per heavy atom. The number of rotatable bonds is 4. The number of hydrogen-bond acceptors (Lipinski definition) is 3. The van der Waals surface area contributed by atoms with Gasteiger partial charge in [-0.3, -0.25) is 0 Å². The second-order valence-corrected chi connectivity index (χ2v) is 10.9. The van der Waals surface area contributed by atoms with E-state index in [0.29, 0.717) is 0 Å². The minimum absolute atomic E-state index is 0.0648. The highest BCUT2D eigenvalue weighted by molar-refractivity contribution is 6.74. The molecule has 0 bridgehead atoms. The highest BCUT2D eigenvalue weighted by Crippen LogP contribution is 2.38. The fourth-order valence-corrected chi connectivity index (χ4v) is 2.38. The lowest BCUT2D eigenvalue weighted by Crippen LogP contribution is -2.44. The standard InChI is InChI=1S/C14H20O5Si/c1-14(2,3)20(4,5)19-11-7-6-9(12(15)16)8-10(11)13(17)18/h6-8H,1-5H3,(H,15,16)(H,17,18). The summed E-state index contributed by atoms with van der Waals surface area (Å²) < 4.78 is 5.96. The molecular weight excluding hydrogens is 276 g/mol. The minimum atomic E-state index is -2.18. The van der Waals surface area contributed by atoms with E-state index in [2.05, 4.69) is 0 Å². The lowest BCUT2D eigenvalue weighted by atomic mass is 10.1. The molecule has 0 atom stereocenters. The van der Waals surface area contributed by atoms with Gasteiger partial charge in [0.2, 0.25) is 0 Å². The van der Waals surface area contributed by atoms with Crippen molar-refractivity contribution in [2.24, 2.45) is 0 Å². The SMILES string of the molecule is CC(C)(C)[Si](C)(C)Oc1ccc(C(=O)O)cc1C(=O)O. The summed E-state index contributed by atoms with van der Waals surface area (Å²) >= 11 is 0. The molecular formula is C14H20O5Si. The van der Waals surface area contributed by atoms with Crippen molar-refractivity contribution in [1.29, 1.82) is 0 Å². The quantitative estimate of drug-likeness (QED) is 0.831. The molecule has 0 aliphatic heterocycles. The molecule has 0 radical (unpaired) electrons. The molecule has 5 nitrogen and oxygen atoms in total. The van der Waals surface area contributed by atoms with E-state index >= 15 is 0 Å². The van der Waals surface area contributed by atoms with Crippen LogP contribution >= 0.6 is 0 Å². The summed E-state index contributed by atoms with van der Waals surface area (Å²) in [5.74, 6) is -2.12. The molecule has 20 heavy (non-hydrogen) atoms. The minimum Gasteiger partial charge on any atom is -0.543 e. The summed E-state index contributed by atoms with van der Waals surface area (Å²) in [6.07, 6.45) is 0. The predicted molar refractivity (Wildman–Crippen MR) is 78.2 cm³/mol. The maximum Gasteiger partial charge on any atom is 0.339 e. The van der Waals surface area contributed by atoms with E-state index in [0.717, 1.165) is 6.07 Å². The molecule has 0 amide bonds. The molecule has 0 heterocycles. The Labute approximate surface area is 119 Å². The van der Waals surface area contributed by atoms with Crippen LogP contribution in [0, 0.1) is 0 Å². The van der Waals surface area contributed by atoms with Crippen LogP contribution in [0.25, 0.3) is 0 Å². The largest absolute Gasteiger partial charge is 0.543 e. The topological polar surface area (TPSA) is 83.8 Å². The van der Waals surface area contributed by atoms with Gasteiger partial charge in [-0.25, -0.2) is 9.59 Å². The molecule has 0 aromatic heterocycles. The number of carboxylic acid groups (broad SMARTS) is 2. The van der Waals surface area contributed by atoms with E-state index in [-0.39, 0.29) is 21.9 Å². The van der Waals surface area contributed by atoms with Gasteiger partial charge >= 0.3 is 11.9 Å². The molecule has 0 saturated carbocycles. The van der Waals surface area contributed by atoms with Crippen LogP contribution in [0.4, 0.5) is 0 Å². The second-order valence-electron chi connectivity index (χ2n) is 6.18. The van der Waals surface area contributed by atoms with E-state index in [9.17, 15) is 14.7 Å². The van der Waals surface area contributed by atoms with E-state index in [1.165, 1.54) is 12.1 Å². The van der Waals surface area contributed by atoms with Gasteiger partial charge in [-0.05, 0) is 36.3 Å². The third-order valence-corrected chi connectivity index (χ3v) is 7.97. The van der Waals surface area contributed by atoms with Crippen molar-refractivity contribution in [1.82, 2.24) is 0 Å². The number of carboxylic acids is 2. The first-order valence-corrected chi connectivity index (χ1v) is 9.16. The molecule has 6 heteroatoms. The molecule has 0 aliphatic rings. The van der Waals surface area contributed by atoms with Gasteiger partial charge < -0.3 is 14.6 Å². The fraction of sp³-hybridized carbons (Fsp3) is 0.429. The molecule has 0 spiro atoms. The average molecular weight is 296 g/mol. The zero-order valence-corrected chi connectivity index (χ0v) is 13.4. The van der Waals surface area contributed by atoms with Crippen molar-refractivity contribution in [3.05, 3.63) is 29.3 Å². The first-order valence-electron chi connectivity index (χ1n) is 6.25. The highest BCUT2D eigenvalue weighted by Gasteiger charge is 2.39.